The molecular formula is C33H26N2O. The average molecular weight is 467 g/mol. The summed E-state index contributed by atoms with van der Waals surface area (Å²) in [5.41, 5.74) is 12.2. The highest BCUT2D eigenvalue weighted by atomic mass is 16.3. The smallest absolute Gasteiger partial charge is 0.153 e. The van der Waals surface area contributed by atoms with E-state index in [0.29, 0.717) is 0 Å². The van der Waals surface area contributed by atoms with Crippen LogP contribution in [-0.2, 0) is 0 Å². The number of furan rings is 1. The van der Waals surface area contributed by atoms with Gasteiger partial charge in [0, 0.05) is 23.3 Å². The molecule has 0 saturated carbocycles. The molecule has 3 nitrogen and oxygen atoms in total. The first kappa shape index (κ1) is 22.0. The van der Waals surface area contributed by atoms with E-state index >= 15 is 0 Å². The summed E-state index contributed by atoms with van der Waals surface area (Å²) >= 11 is 0. The van der Waals surface area contributed by atoms with Crippen LogP contribution in [0.25, 0.3) is 55.9 Å². The minimum absolute atomic E-state index is 0.780. The van der Waals surface area contributed by atoms with Crippen molar-refractivity contribution in [2.24, 2.45) is 0 Å². The summed E-state index contributed by atoms with van der Waals surface area (Å²) in [6, 6.07) is 31.7. The number of hydrogen-bond acceptors (Lipinski definition) is 3. The van der Waals surface area contributed by atoms with Crippen molar-refractivity contribution in [1.82, 2.24) is 9.97 Å². The zero-order valence-corrected chi connectivity index (χ0v) is 20.6. The molecule has 0 fully saturated rings. The quantitative estimate of drug-likeness (QED) is 0.260. The van der Waals surface area contributed by atoms with Crippen LogP contribution >= 0.6 is 0 Å². The van der Waals surface area contributed by atoms with Gasteiger partial charge in [-0.25, -0.2) is 0 Å². The van der Waals surface area contributed by atoms with Gasteiger partial charge in [-0.2, -0.15) is 0 Å². The maximum Gasteiger partial charge on any atom is 0.153 e. The zero-order valence-electron chi connectivity index (χ0n) is 20.6. The molecule has 174 valence electrons. The fourth-order valence-electron chi connectivity index (χ4n) is 4.86. The van der Waals surface area contributed by atoms with Gasteiger partial charge in [0.05, 0.1) is 5.69 Å². The van der Waals surface area contributed by atoms with E-state index in [0.717, 1.165) is 33.7 Å². The molecule has 0 bridgehead atoms. The Labute approximate surface area is 211 Å². The van der Waals surface area contributed by atoms with Crippen molar-refractivity contribution < 1.29 is 4.42 Å². The van der Waals surface area contributed by atoms with Gasteiger partial charge in [-0.1, -0.05) is 54.1 Å². The van der Waals surface area contributed by atoms with Crippen LogP contribution in [0.5, 0.6) is 0 Å². The molecule has 0 aliphatic heterocycles. The van der Waals surface area contributed by atoms with Crippen LogP contribution in [0.4, 0.5) is 0 Å². The number of aromatic nitrogens is 2. The van der Waals surface area contributed by atoms with Gasteiger partial charge in [0.1, 0.15) is 11.3 Å². The zero-order chi connectivity index (χ0) is 24.6. The molecular weight excluding hydrogens is 440 g/mol. The first-order valence-electron chi connectivity index (χ1n) is 12.2. The highest BCUT2D eigenvalue weighted by Gasteiger charge is 2.16. The Kier molecular flexibility index (Phi) is 5.46. The minimum atomic E-state index is 0.780. The minimum Gasteiger partial charge on any atom is -0.454 e. The first-order valence-corrected chi connectivity index (χ1v) is 12.2. The summed E-state index contributed by atoms with van der Waals surface area (Å²) < 4.78 is 6.19. The lowest BCUT2D eigenvalue weighted by Gasteiger charge is -2.15. The molecule has 6 rings (SSSR count). The summed E-state index contributed by atoms with van der Waals surface area (Å²) in [6.07, 6.45) is 3.67. The van der Waals surface area contributed by atoms with E-state index in [1.807, 2.05) is 30.5 Å². The van der Waals surface area contributed by atoms with Gasteiger partial charge in [-0.3, -0.25) is 9.97 Å². The lowest BCUT2D eigenvalue weighted by molar-refractivity contribution is 0.628. The number of aryl methyl sites for hydroxylation is 3. The predicted molar refractivity (Wildman–Crippen MR) is 148 cm³/mol. The van der Waals surface area contributed by atoms with Crippen molar-refractivity contribution in [2.45, 2.75) is 20.8 Å². The molecule has 0 saturated heterocycles. The Balaban J connectivity index is 1.57. The molecule has 0 amide bonds. The van der Waals surface area contributed by atoms with Crippen LogP contribution in [0.15, 0.2) is 108 Å². The average Bonchev–Trinajstić information content (AvgIpc) is 3.35. The Bertz CT molecular complexity index is 1710. The van der Waals surface area contributed by atoms with Gasteiger partial charge in [-0.05, 0) is 96.6 Å². The second-order valence-corrected chi connectivity index (χ2v) is 9.32. The summed E-state index contributed by atoms with van der Waals surface area (Å²) in [4.78, 5) is 9.12. The third-order valence-corrected chi connectivity index (χ3v) is 6.74. The van der Waals surface area contributed by atoms with Crippen molar-refractivity contribution in [3.05, 3.63) is 120 Å². The number of nitrogens with zero attached hydrogens (tertiary/aromatic N) is 2. The van der Waals surface area contributed by atoms with E-state index in [2.05, 4.69) is 97.5 Å². The number of fused-ring (bicyclic) bond motifs is 1. The number of benzene rings is 3. The molecule has 6 aromatic rings. The lowest BCUT2D eigenvalue weighted by Crippen LogP contribution is -1.92. The van der Waals surface area contributed by atoms with Crippen molar-refractivity contribution in [2.75, 3.05) is 0 Å². The Morgan fingerprint density at radius 1 is 0.556 bits per heavy atom. The maximum atomic E-state index is 6.19. The van der Waals surface area contributed by atoms with Gasteiger partial charge in [0.15, 0.2) is 5.76 Å². The maximum absolute atomic E-state index is 6.19. The molecule has 0 aliphatic carbocycles. The SMILES string of the molecule is Cc1cccc(-c2ccc(-c3cc(C)ccn3)cc2-c2ccc3oc(-c4ccccn4)cc3c2C)c1. The van der Waals surface area contributed by atoms with Crippen LogP contribution < -0.4 is 0 Å². The monoisotopic (exact) mass is 466 g/mol. The van der Waals surface area contributed by atoms with E-state index in [-0.39, 0.29) is 0 Å². The fraction of sp³-hybridized carbons (Fsp3) is 0.0909. The largest absolute Gasteiger partial charge is 0.454 e. The number of rotatable bonds is 4. The van der Waals surface area contributed by atoms with Gasteiger partial charge < -0.3 is 4.42 Å². The summed E-state index contributed by atoms with van der Waals surface area (Å²) in [5, 5.41) is 1.10. The number of hydrogen-bond donors (Lipinski definition) is 0. The van der Waals surface area contributed by atoms with Crippen molar-refractivity contribution in [1.29, 1.82) is 0 Å². The summed E-state index contributed by atoms with van der Waals surface area (Å²) in [5.74, 6) is 0.780. The van der Waals surface area contributed by atoms with E-state index in [1.165, 1.54) is 38.9 Å². The molecule has 0 N–H and O–H groups in total. The first-order chi connectivity index (χ1) is 17.6. The van der Waals surface area contributed by atoms with E-state index in [1.54, 1.807) is 6.20 Å². The molecule has 0 unspecified atom stereocenters. The molecule has 3 heteroatoms. The van der Waals surface area contributed by atoms with Gasteiger partial charge >= 0.3 is 0 Å². The van der Waals surface area contributed by atoms with Crippen molar-refractivity contribution >= 4 is 11.0 Å². The van der Waals surface area contributed by atoms with Gasteiger partial charge in [0.2, 0.25) is 0 Å². The standard InChI is InChI=1S/C33H26N2O/c1-21-7-6-8-24(17-21)27-11-10-25(31-18-22(2)14-16-35-31)19-29(27)26-12-13-32-28(23(26)3)20-33(36-32)30-9-4-5-15-34-30/h4-20H,1-3H3. The van der Waals surface area contributed by atoms with E-state index in [4.69, 9.17) is 4.42 Å². The fourth-order valence-corrected chi connectivity index (χ4v) is 4.86. The molecule has 3 heterocycles. The van der Waals surface area contributed by atoms with Crippen LogP contribution in [0.2, 0.25) is 0 Å². The van der Waals surface area contributed by atoms with Crippen LogP contribution in [0, 0.1) is 20.8 Å². The summed E-state index contributed by atoms with van der Waals surface area (Å²) in [7, 11) is 0. The second-order valence-electron chi connectivity index (χ2n) is 9.32. The van der Waals surface area contributed by atoms with E-state index < -0.39 is 0 Å². The summed E-state index contributed by atoms with van der Waals surface area (Å²) in [6.45, 7) is 6.41. The molecule has 3 aromatic carbocycles. The molecule has 0 spiro atoms. The van der Waals surface area contributed by atoms with Crippen LogP contribution in [0.3, 0.4) is 0 Å². The second kappa shape index (κ2) is 8.94. The third kappa shape index (κ3) is 3.99. The molecule has 0 aliphatic rings. The van der Waals surface area contributed by atoms with Crippen molar-refractivity contribution in [3.63, 3.8) is 0 Å². The van der Waals surface area contributed by atoms with Crippen LogP contribution in [-0.4, -0.2) is 9.97 Å². The Morgan fingerprint density at radius 2 is 1.39 bits per heavy atom. The highest BCUT2D eigenvalue weighted by molar-refractivity contribution is 5.95. The normalized spacial score (nSPS) is 11.2. The van der Waals surface area contributed by atoms with E-state index in [9.17, 15) is 0 Å². The molecule has 3 aromatic heterocycles. The molecule has 0 atom stereocenters. The lowest BCUT2D eigenvalue weighted by atomic mass is 9.88. The van der Waals surface area contributed by atoms with Gasteiger partial charge in [0.25, 0.3) is 0 Å². The predicted octanol–water partition coefficient (Wildman–Crippen LogP) is 8.82. The molecule has 0 radical (unpaired) electrons. The Hall–Kier alpha value is -4.50. The molecule has 36 heavy (non-hydrogen) atoms. The van der Waals surface area contributed by atoms with Gasteiger partial charge in [-0.15, -0.1) is 0 Å². The van der Waals surface area contributed by atoms with Crippen molar-refractivity contribution in [3.8, 4) is 45.0 Å². The van der Waals surface area contributed by atoms with Crippen LogP contribution in [0.1, 0.15) is 16.7 Å². The number of pyridine rings is 2. The Morgan fingerprint density at radius 3 is 2.19 bits per heavy atom. The highest BCUT2D eigenvalue weighted by Crippen LogP contribution is 2.40. The third-order valence-electron chi connectivity index (χ3n) is 6.74. The topological polar surface area (TPSA) is 38.9 Å².